The second kappa shape index (κ2) is 6.96. The van der Waals surface area contributed by atoms with E-state index in [0.717, 1.165) is 16.8 Å². The van der Waals surface area contributed by atoms with Gasteiger partial charge in [-0.2, -0.15) is 5.10 Å². The number of nitrogens with one attached hydrogen (secondary N) is 1. The Morgan fingerprint density at radius 1 is 0.962 bits per heavy atom. The van der Waals surface area contributed by atoms with Crippen LogP contribution in [0.2, 0.25) is 0 Å². The van der Waals surface area contributed by atoms with Gasteiger partial charge in [0.25, 0.3) is 10.0 Å². The minimum Gasteiger partial charge on any atom is -0.276 e. The van der Waals surface area contributed by atoms with Crippen molar-refractivity contribution in [2.45, 2.75) is 39.1 Å². The molecule has 3 aromatic rings. The molecule has 0 unspecified atom stereocenters. The molecular formula is C20H23N3O2S. The van der Waals surface area contributed by atoms with E-state index in [1.807, 2.05) is 37.6 Å². The van der Waals surface area contributed by atoms with Gasteiger partial charge in [0.2, 0.25) is 0 Å². The van der Waals surface area contributed by atoms with Crippen molar-refractivity contribution in [3.63, 3.8) is 0 Å². The maximum atomic E-state index is 12.7. The zero-order valence-electron chi connectivity index (χ0n) is 15.4. The second-order valence-electron chi connectivity index (χ2n) is 6.55. The Balaban J connectivity index is 1.91. The summed E-state index contributed by atoms with van der Waals surface area (Å²) in [5.41, 5.74) is 5.35. The van der Waals surface area contributed by atoms with Gasteiger partial charge < -0.3 is 0 Å². The van der Waals surface area contributed by atoms with Crippen LogP contribution in [0.4, 0.5) is 5.69 Å². The van der Waals surface area contributed by atoms with Crippen molar-refractivity contribution in [2.24, 2.45) is 0 Å². The molecule has 0 saturated heterocycles. The van der Waals surface area contributed by atoms with Gasteiger partial charge in [-0.15, -0.1) is 0 Å². The van der Waals surface area contributed by atoms with Crippen LogP contribution < -0.4 is 4.72 Å². The Kier molecular flexibility index (Phi) is 4.87. The van der Waals surface area contributed by atoms with E-state index < -0.39 is 10.0 Å². The fourth-order valence-corrected chi connectivity index (χ4v) is 4.03. The molecule has 0 fully saturated rings. The average Bonchev–Trinajstić information content (AvgIpc) is 2.84. The molecule has 3 rings (SSSR count). The van der Waals surface area contributed by atoms with Crippen molar-refractivity contribution in [3.8, 4) is 0 Å². The van der Waals surface area contributed by atoms with Crippen LogP contribution in [0.1, 0.15) is 28.1 Å². The molecule has 0 atom stereocenters. The lowest BCUT2D eigenvalue weighted by Crippen LogP contribution is -2.14. The van der Waals surface area contributed by atoms with Crippen molar-refractivity contribution < 1.29 is 8.42 Å². The number of benzene rings is 2. The molecule has 0 aliphatic rings. The van der Waals surface area contributed by atoms with Crippen LogP contribution in [0.5, 0.6) is 0 Å². The lowest BCUT2D eigenvalue weighted by molar-refractivity contribution is 0.601. The van der Waals surface area contributed by atoms with Crippen LogP contribution >= 0.6 is 0 Å². The van der Waals surface area contributed by atoms with Gasteiger partial charge in [-0.25, -0.2) is 8.42 Å². The largest absolute Gasteiger partial charge is 0.276 e. The fourth-order valence-electron chi connectivity index (χ4n) is 2.86. The van der Waals surface area contributed by atoms with Crippen molar-refractivity contribution >= 4 is 15.7 Å². The van der Waals surface area contributed by atoms with Gasteiger partial charge in [-0.1, -0.05) is 42.0 Å². The lowest BCUT2D eigenvalue weighted by atomic mass is 10.1. The topological polar surface area (TPSA) is 64.0 Å². The Hall–Kier alpha value is -2.60. The van der Waals surface area contributed by atoms with E-state index in [2.05, 4.69) is 28.9 Å². The average molecular weight is 369 g/mol. The third kappa shape index (κ3) is 3.65. The summed E-state index contributed by atoms with van der Waals surface area (Å²) in [6.07, 6.45) is 0. The van der Waals surface area contributed by atoms with E-state index in [1.165, 1.54) is 5.56 Å². The number of sulfonamides is 1. The molecule has 1 aromatic heterocycles. The number of nitrogens with zero attached hydrogens (tertiary/aromatic N) is 2. The Labute approximate surface area is 154 Å². The van der Waals surface area contributed by atoms with Gasteiger partial charge in [0.15, 0.2) is 0 Å². The normalized spacial score (nSPS) is 11.5. The quantitative estimate of drug-likeness (QED) is 0.740. The van der Waals surface area contributed by atoms with Crippen LogP contribution in [-0.4, -0.2) is 18.2 Å². The summed E-state index contributed by atoms with van der Waals surface area (Å²) < 4.78 is 29.9. The fraction of sp³-hybridized carbons (Fsp3) is 0.250. The smallest absolute Gasteiger partial charge is 0.262 e. The highest BCUT2D eigenvalue weighted by atomic mass is 32.2. The van der Waals surface area contributed by atoms with Crippen LogP contribution in [-0.2, 0) is 16.6 Å². The SMILES string of the molecule is Cc1ccc(S(=O)(=O)Nc2c(C)nn(Cc3ccccc3C)c2C)cc1. The van der Waals surface area contributed by atoms with E-state index in [9.17, 15) is 8.42 Å². The molecule has 136 valence electrons. The molecule has 0 aliphatic heterocycles. The molecule has 0 bridgehead atoms. The van der Waals surface area contributed by atoms with Gasteiger partial charge in [0, 0.05) is 0 Å². The summed E-state index contributed by atoms with van der Waals surface area (Å²) in [6, 6.07) is 14.9. The first-order valence-electron chi connectivity index (χ1n) is 8.46. The molecule has 26 heavy (non-hydrogen) atoms. The zero-order chi connectivity index (χ0) is 18.9. The highest BCUT2D eigenvalue weighted by Crippen LogP contribution is 2.24. The Morgan fingerprint density at radius 2 is 1.62 bits per heavy atom. The van der Waals surface area contributed by atoms with Crippen LogP contribution in [0.25, 0.3) is 0 Å². The van der Waals surface area contributed by atoms with Crippen LogP contribution in [0, 0.1) is 27.7 Å². The maximum Gasteiger partial charge on any atom is 0.262 e. The predicted octanol–water partition coefficient (Wildman–Crippen LogP) is 3.97. The van der Waals surface area contributed by atoms with Gasteiger partial charge in [0.05, 0.1) is 28.5 Å². The zero-order valence-corrected chi connectivity index (χ0v) is 16.3. The molecule has 6 heteroatoms. The summed E-state index contributed by atoms with van der Waals surface area (Å²) >= 11 is 0. The second-order valence-corrected chi connectivity index (χ2v) is 8.23. The summed E-state index contributed by atoms with van der Waals surface area (Å²) in [4.78, 5) is 0.244. The number of aromatic nitrogens is 2. The first-order chi connectivity index (χ1) is 12.3. The highest BCUT2D eigenvalue weighted by molar-refractivity contribution is 7.92. The standard InChI is InChI=1S/C20H23N3O2S/c1-14-9-11-19(12-10-14)26(24,25)22-20-16(3)21-23(17(20)4)13-18-8-6-5-7-15(18)2/h5-12,22H,13H2,1-4H3. The first-order valence-corrected chi connectivity index (χ1v) is 9.94. The van der Waals surface area contributed by atoms with Crippen molar-refractivity contribution in [3.05, 3.63) is 76.6 Å². The van der Waals surface area contributed by atoms with Crippen molar-refractivity contribution in [2.75, 3.05) is 4.72 Å². The van der Waals surface area contributed by atoms with Crippen LogP contribution in [0.3, 0.4) is 0 Å². The summed E-state index contributed by atoms with van der Waals surface area (Å²) in [5.74, 6) is 0. The van der Waals surface area contributed by atoms with Gasteiger partial charge in [0.1, 0.15) is 0 Å². The van der Waals surface area contributed by atoms with Gasteiger partial charge >= 0.3 is 0 Å². The first kappa shape index (κ1) is 18.2. The minimum absolute atomic E-state index is 0.244. The number of aryl methyl sites for hydroxylation is 3. The van der Waals surface area contributed by atoms with E-state index in [1.54, 1.807) is 24.3 Å². The minimum atomic E-state index is -3.65. The maximum absolute atomic E-state index is 12.7. The van der Waals surface area contributed by atoms with Gasteiger partial charge in [-0.3, -0.25) is 9.40 Å². The monoisotopic (exact) mass is 369 g/mol. The van der Waals surface area contributed by atoms with E-state index >= 15 is 0 Å². The Bertz CT molecular complexity index is 1040. The number of hydrogen-bond acceptors (Lipinski definition) is 3. The van der Waals surface area contributed by atoms with E-state index in [0.29, 0.717) is 17.9 Å². The molecule has 0 radical (unpaired) electrons. The molecular weight excluding hydrogens is 346 g/mol. The van der Waals surface area contributed by atoms with Gasteiger partial charge in [-0.05, 0) is 51.0 Å². The van der Waals surface area contributed by atoms with E-state index in [4.69, 9.17) is 0 Å². The molecule has 0 aliphatic carbocycles. The molecule has 0 spiro atoms. The third-order valence-electron chi connectivity index (χ3n) is 4.53. The van der Waals surface area contributed by atoms with Crippen molar-refractivity contribution in [1.29, 1.82) is 0 Å². The molecule has 0 amide bonds. The number of rotatable bonds is 5. The van der Waals surface area contributed by atoms with Crippen LogP contribution in [0.15, 0.2) is 53.4 Å². The summed E-state index contributed by atoms with van der Waals surface area (Å²) in [5, 5.41) is 4.53. The number of hydrogen-bond donors (Lipinski definition) is 1. The highest BCUT2D eigenvalue weighted by Gasteiger charge is 2.20. The molecule has 2 aromatic carbocycles. The van der Waals surface area contributed by atoms with E-state index in [-0.39, 0.29) is 4.90 Å². The molecule has 1 N–H and O–H groups in total. The molecule has 5 nitrogen and oxygen atoms in total. The van der Waals surface area contributed by atoms with Crippen molar-refractivity contribution in [1.82, 2.24) is 9.78 Å². The molecule has 0 saturated carbocycles. The lowest BCUT2D eigenvalue weighted by Gasteiger charge is -2.10. The summed E-state index contributed by atoms with van der Waals surface area (Å²) in [6.45, 7) is 8.28. The Morgan fingerprint density at radius 3 is 2.27 bits per heavy atom. The third-order valence-corrected chi connectivity index (χ3v) is 5.90. The molecule has 1 heterocycles. The summed E-state index contributed by atoms with van der Waals surface area (Å²) in [7, 11) is -3.65. The predicted molar refractivity (Wildman–Crippen MR) is 104 cm³/mol. The number of anilines is 1.